The molecule has 5 nitrogen and oxygen atoms in total. The van der Waals surface area contributed by atoms with Gasteiger partial charge in [0.15, 0.2) is 0 Å². The van der Waals surface area contributed by atoms with E-state index in [0.29, 0.717) is 24.7 Å². The first-order chi connectivity index (χ1) is 10.1. The number of fused-ring (bicyclic) bond motifs is 1. The van der Waals surface area contributed by atoms with Gasteiger partial charge in [-0.05, 0) is 29.3 Å². The van der Waals surface area contributed by atoms with E-state index in [9.17, 15) is 4.79 Å². The number of nitrogens with two attached hydrogens (primary N) is 1. The molecule has 2 aromatic rings. The standard InChI is InChI=1S/C16H15NO4/c17-13-7-12-5-6-20-14(12)8-15(13)21-9-10-1-3-11(4-2-10)16(18)19/h1-4,7-8H,5-6,9,17H2,(H,18,19). The summed E-state index contributed by atoms with van der Waals surface area (Å²) in [5, 5.41) is 8.85. The molecule has 0 spiro atoms. The van der Waals surface area contributed by atoms with Crippen LogP contribution in [0.15, 0.2) is 36.4 Å². The number of carbonyl (C=O) groups is 1. The van der Waals surface area contributed by atoms with Gasteiger partial charge in [-0.15, -0.1) is 0 Å². The van der Waals surface area contributed by atoms with Gasteiger partial charge in [0, 0.05) is 12.5 Å². The van der Waals surface area contributed by atoms with Crippen molar-refractivity contribution in [2.45, 2.75) is 13.0 Å². The molecule has 0 aliphatic carbocycles. The van der Waals surface area contributed by atoms with Gasteiger partial charge in [0.1, 0.15) is 18.1 Å². The van der Waals surface area contributed by atoms with Gasteiger partial charge >= 0.3 is 5.97 Å². The van der Waals surface area contributed by atoms with Crippen LogP contribution in [0.4, 0.5) is 5.69 Å². The second-order valence-electron chi connectivity index (χ2n) is 4.89. The number of hydrogen-bond acceptors (Lipinski definition) is 4. The van der Waals surface area contributed by atoms with Gasteiger partial charge in [0.25, 0.3) is 0 Å². The van der Waals surface area contributed by atoms with Gasteiger partial charge < -0.3 is 20.3 Å². The Balaban J connectivity index is 1.71. The minimum absolute atomic E-state index is 0.254. The molecule has 1 heterocycles. The fourth-order valence-corrected chi connectivity index (χ4v) is 2.26. The molecule has 0 radical (unpaired) electrons. The van der Waals surface area contributed by atoms with Crippen LogP contribution in [0.25, 0.3) is 0 Å². The Hall–Kier alpha value is -2.69. The Kier molecular flexibility index (Phi) is 3.39. The normalized spacial score (nSPS) is 12.6. The second-order valence-corrected chi connectivity index (χ2v) is 4.89. The number of carboxylic acid groups (broad SMARTS) is 1. The summed E-state index contributed by atoms with van der Waals surface area (Å²) in [6.07, 6.45) is 0.871. The minimum Gasteiger partial charge on any atom is -0.493 e. The maximum atomic E-state index is 10.8. The second kappa shape index (κ2) is 5.36. The number of anilines is 1. The molecule has 0 amide bonds. The van der Waals surface area contributed by atoms with Crippen molar-refractivity contribution < 1.29 is 19.4 Å². The van der Waals surface area contributed by atoms with Crippen molar-refractivity contribution in [2.24, 2.45) is 0 Å². The largest absolute Gasteiger partial charge is 0.493 e. The van der Waals surface area contributed by atoms with Crippen LogP contribution in [0.2, 0.25) is 0 Å². The fourth-order valence-electron chi connectivity index (χ4n) is 2.26. The number of rotatable bonds is 4. The van der Waals surface area contributed by atoms with E-state index in [1.807, 2.05) is 12.1 Å². The van der Waals surface area contributed by atoms with Gasteiger partial charge in [0.05, 0.1) is 17.9 Å². The summed E-state index contributed by atoms with van der Waals surface area (Å²) < 4.78 is 11.2. The van der Waals surface area contributed by atoms with Crippen molar-refractivity contribution in [3.8, 4) is 11.5 Å². The highest BCUT2D eigenvalue weighted by Gasteiger charge is 2.15. The average molecular weight is 285 g/mol. The van der Waals surface area contributed by atoms with Gasteiger partial charge in [-0.25, -0.2) is 4.79 Å². The van der Waals surface area contributed by atoms with Crippen molar-refractivity contribution in [1.29, 1.82) is 0 Å². The summed E-state index contributed by atoms with van der Waals surface area (Å²) in [6.45, 7) is 0.998. The highest BCUT2D eigenvalue weighted by atomic mass is 16.5. The lowest BCUT2D eigenvalue weighted by Gasteiger charge is -2.11. The molecule has 0 saturated heterocycles. The van der Waals surface area contributed by atoms with E-state index in [1.54, 1.807) is 24.3 Å². The first-order valence-corrected chi connectivity index (χ1v) is 6.64. The summed E-state index contributed by atoms with van der Waals surface area (Å²) in [5.41, 5.74) is 8.78. The van der Waals surface area contributed by atoms with Crippen molar-refractivity contribution in [3.63, 3.8) is 0 Å². The Morgan fingerprint density at radius 3 is 2.76 bits per heavy atom. The molecule has 108 valence electrons. The zero-order valence-corrected chi connectivity index (χ0v) is 11.3. The molecule has 0 fully saturated rings. The lowest BCUT2D eigenvalue weighted by atomic mass is 10.1. The highest BCUT2D eigenvalue weighted by molar-refractivity contribution is 5.87. The predicted molar refractivity (Wildman–Crippen MR) is 77.8 cm³/mol. The summed E-state index contributed by atoms with van der Waals surface area (Å²) in [5.74, 6) is 0.459. The fraction of sp³-hybridized carbons (Fsp3) is 0.188. The van der Waals surface area contributed by atoms with E-state index >= 15 is 0 Å². The lowest BCUT2D eigenvalue weighted by Crippen LogP contribution is -2.01. The maximum Gasteiger partial charge on any atom is 0.335 e. The van der Waals surface area contributed by atoms with Crippen LogP contribution >= 0.6 is 0 Å². The smallest absolute Gasteiger partial charge is 0.335 e. The molecule has 0 atom stereocenters. The maximum absolute atomic E-state index is 10.8. The molecule has 0 aromatic heterocycles. The number of aromatic carboxylic acids is 1. The summed E-state index contributed by atoms with van der Waals surface area (Å²) in [4.78, 5) is 10.8. The Morgan fingerprint density at radius 1 is 1.29 bits per heavy atom. The van der Waals surface area contributed by atoms with Gasteiger partial charge in [0.2, 0.25) is 0 Å². The van der Waals surface area contributed by atoms with Crippen LogP contribution in [0.3, 0.4) is 0 Å². The van der Waals surface area contributed by atoms with Crippen molar-refractivity contribution >= 4 is 11.7 Å². The number of carboxylic acids is 1. The first-order valence-electron chi connectivity index (χ1n) is 6.64. The highest BCUT2D eigenvalue weighted by Crippen LogP contribution is 2.34. The lowest BCUT2D eigenvalue weighted by molar-refractivity contribution is 0.0697. The van der Waals surface area contributed by atoms with Gasteiger partial charge in [-0.3, -0.25) is 0 Å². The molecule has 1 aliphatic rings. The molecule has 2 aromatic carbocycles. The third-order valence-corrected chi connectivity index (χ3v) is 3.42. The summed E-state index contributed by atoms with van der Waals surface area (Å²) in [7, 11) is 0. The molecule has 0 unspecified atom stereocenters. The van der Waals surface area contributed by atoms with E-state index in [4.69, 9.17) is 20.3 Å². The third-order valence-electron chi connectivity index (χ3n) is 3.42. The number of nitrogen functional groups attached to an aromatic ring is 1. The Labute approximate surface area is 121 Å². The van der Waals surface area contributed by atoms with Crippen molar-refractivity contribution in [3.05, 3.63) is 53.1 Å². The van der Waals surface area contributed by atoms with Crippen LogP contribution in [0.1, 0.15) is 21.5 Å². The quantitative estimate of drug-likeness (QED) is 0.843. The van der Waals surface area contributed by atoms with E-state index in [0.717, 1.165) is 23.3 Å². The van der Waals surface area contributed by atoms with Crippen molar-refractivity contribution in [2.75, 3.05) is 12.3 Å². The topological polar surface area (TPSA) is 81.8 Å². The monoisotopic (exact) mass is 285 g/mol. The van der Waals surface area contributed by atoms with E-state index in [2.05, 4.69) is 0 Å². The van der Waals surface area contributed by atoms with Crippen LogP contribution in [0, 0.1) is 0 Å². The zero-order chi connectivity index (χ0) is 14.8. The Bertz CT molecular complexity index is 679. The van der Waals surface area contributed by atoms with Crippen molar-refractivity contribution in [1.82, 2.24) is 0 Å². The molecule has 21 heavy (non-hydrogen) atoms. The van der Waals surface area contributed by atoms with E-state index in [1.165, 1.54) is 0 Å². The zero-order valence-electron chi connectivity index (χ0n) is 11.3. The van der Waals surface area contributed by atoms with Crippen LogP contribution in [-0.4, -0.2) is 17.7 Å². The number of benzene rings is 2. The molecule has 3 N–H and O–H groups in total. The minimum atomic E-state index is -0.942. The number of hydrogen-bond donors (Lipinski definition) is 2. The first kappa shape index (κ1) is 13.3. The molecule has 0 saturated carbocycles. The molecule has 0 bridgehead atoms. The van der Waals surface area contributed by atoms with Crippen LogP contribution < -0.4 is 15.2 Å². The molecule has 5 heteroatoms. The Morgan fingerprint density at radius 2 is 2.05 bits per heavy atom. The van der Waals surface area contributed by atoms with Crippen LogP contribution in [-0.2, 0) is 13.0 Å². The molecular weight excluding hydrogens is 270 g/mol. The average Bonchev–Trinajstić information content (AvgIpc) is 2.92. The molecule has 3 rings (SSSR count). The molecular formula is C16H15NO4. The summed E-state index contributed by atoms with van der Waals surface area (Å²) in [6, 6.07) is 10.2. The number of ether oxygens (including phenoxy) is 2. The predicted octanol–water partition coefficient (Wildman–Crippen LogP) is 2.48. The van der Waals surface area contributed by atoms with Gasteiger partial charge in [-0.1, -0.05) is 12.1 Å². The SMILES string of the molecule is Nc1cc2c(cc1OCc1ccc(C(=O)O)cc1)OCC2. The van der Waals surface area contributed by atoms with E-state index in [-0.39, 0.29) is 5.56 Å². The molecule has 1 aliphatic heterocycles. The summed E-state index contributed by atoms with van der Waals surface area (Å²) >= 11 is 0. The van der Waals surface area contributed by atoms with E-state index < -0.39 is 5.97 Å². The van der Waals surface area contributed by atoms with Crippen LogP contribution in [0.5, 0.6) is 11.5 Å². The van der Waals surface area contributed by atoms with Gasteiger partial charge in [-0.2, -0.15) is 0 Å². The third kappa shape index (κ3) is 2.76.